The van der Waals surface area contributed by atoms with Gasteiger partial charge in [0.25, 0.3) is 0 Å². The first kappa shape index (κ1) is 14.2. The van der Waals surface area contributed by atoms with Crippen LogP contribution in [0.5, 0.6) is 5.75 Å². The van der Waals surface area contributed by atoms with Crippen LogP contribution in [0.1, 0.15) is 43.7 Å². The average Bonchev–Trinajstić information content (AvgIpc) is 2.82. The summed E-state index contributed by atoms with van der Waals surface area (Å²) in [6, 6.07) is 4.70. The Kier molecular flexibility index (Phi) is 4.52. The molecule has 3 heteroatoms. The predicted octanol–water partition coefficient (Wildman–Crippen LogP) is 3.99. The number of hydrogen-bond donors (Lipinski definition) is 1. The number of halogens is 1. The van der Waals surface area contributed by atoms with Crippen LogP contribution in [-0.2, 0) is 12.8 Å². The van der Waals surface area contributed by atoms with Gasteiger partial charge < -0.3 is 10.1 Å². The molecule has 0 bridgehead atoms. The van der Waals surface area contributed by atoms with Crippen LogP contribution in [0.2, 0.25) is 5.02 Å². The standard InChI is InChI=1S/C17H24ClNO/c1-2-19-16(8-12-4-3-5-12)11-14-10-15(18)9-13-6-7-20-17(13)14/h9-10,12,16,19H,2-8,11H2,1H3. The molecule has 1 aliphatic carbocycles. The van der Waals surface area contributed by atoms with E-state index < -0.39 is 0 Å². The first-order chi connectivity index (χ1) is 9.76. The molecule has 1 aliphatic heterocycles. The molecule has 1 unspecified atom stereocenters. The Morgan fingerprint density at radius 3 is 2.95 bits per heavy atom. The van der Waals surface area contributed by atoms with Crippen molar-refractivity contribution >= 4 is 11.6 Å². The highest BCUT2D eigenvalue weighted by Gasteiger charge is 2.24. The van der Waals surface area contributed by atoms with E-state index >= 15 is 0 Å². The zero-order valence-electron chi connectivity index (χ0n) is 12.3. The number of hydrogen-bond acceptors (Lipinski definition) is 2. The summed E-state index contributed by atoms with van der Waals surface area (Å²) in [6.07, 6.45) is 7.55. The topological polar surface area (TPSA) is 21.3 Å². The van der Waals surface area contributed by atoms with Crippen molar-refractivity contribution in [2.45, 2.75) is 51.5 Å². The molecule has 1 aromatic carbocycles. The minimum absolute atomic E-state index is 0.553. The summed E-state index contributed by atoms with van der Waals surface area (Å²) in [5, 5.41) is 4.49. The van der Waals surface area contributed by atoms with Crippen molar-refractivity contribution < 1.29 is 4.74 Å². The maximum Gasteiger partial charge on any atom is 0.125 e. The Balaban J connectivity index is 1.73. The predicted molar refractivity (Wildman–Crippen MR) is 83.8 cm³/mol. The second-order valence-corrected chi connectivity index (χ2v) is 6.58. The number of ether oxygens (including phenoxy) is 1. The molecule has 1 fully saturated rings. The first-order valence-corrected chi connectivity index (χ1v) is 8.31. The van der Waals surface area contributed by atoms with E-state index in [0.29, 0.717) is 6.04 Å². The lowest BCUT2D eigenvalue weighted by Crippen LogP contribution is -2.34. The molecule has 1 saturated carbocycles. The molecule has 1 aromatic rings. The molecule has 1 atom stereocenters. The van der Waals surface area contributed by atoms with Crippen molar-refractivity contribution in [2.24, 2.45) is 5.92 Å². The van der Waals surface area contributed by atoms with E-state index in [2.05, 4.69) is 24.4 Å². The molecular weight excluding hydrogens is 270 g/mol. The molecule has 20 heavy (non-hydrogen) atoms. The Bertz CT molecular complexity index is 470. The maximum atomic E-state index is 6.26. The van der Waals surface area contributed by atoms with Gasteiger partial charge in [-0.2, -0.15) is 0 Å². The molecule has 0 aromatic heterocycles. The molecule has 0 spiro atoms. The number of rotatable bonds is 6. The number of likely N-dealkylation sites (N-methyl/N-ethyl adjacent to an activating group) is 1. The normalized spacial score (nSPS) is 19.3. The van der Waals surface area contributed by atoms with Gasteiger partial charge in [-0.3, -0.25) is 0 Å². The third-order valence-electron chi connectivity index (χ3n) is 4.63. The minimum Gasteiger partial charge on any atom is -0.493 e. The van der Waals surface area contributed by atoms with Gasteiger partial charge in [-0.15, -0.1) is 0 Å². The summed E-state index contributed by atoms with van der Waals surface area (Å²) in [5.74, 6) is 2.03. The van der Waals surface area contributed by atoms with Gasteiger partial charge in [0.15, 0.2) is 0 Å². The van der Waals surface area contributed by atoms with E-state index in [1.165, 1.54) is 36.8 Å². The molecule has 2 nitrogen and oxygen atoms in total. The molecule has 110 valence electrons. The summed E-state index contributed by atoms with van der Waals surface area (Å²) < 4.78 is 5.82. The van der Waals surface area contributed by atoms with Crippen LogP contribution in [-0.4, -0.2) is 19.2 Å². The van der Waals surface area contributed by atoms with E-state index in [1.807, 2.05) is 0 Å². The highest BCUT2D eigenvalue weighted by Crippen LogP contribution is 2.35. The van der Waals surface area contributed by atoms with Gasteiger partial charge in [-0.1, -0.05) is 37.8 Å². The average molecular weight is 294 g/mol. The SMILES string of the molecule is CCNC(Cc1cc(Cl)cc2c1OCC2)CC1CCC1. The Morgan fingerprint density at radius 1 is 1.40 bits per heavy atom. The monoisotopic (exact) mass is 293 g/mol. The highest BCUT2D eigenvalue weighted by molar-refractivity contribution is 6.30. The first-order valence-electron chi connectivity index (χ1n) is 7.93. The summed E-state index contributed by atoms with van der Waals surface area (Å²) in [5.41, 5.74) is 2.57. The fourth-order valence-electron chi connectivity index (χ4n) is 3.42. The molecule has 0 saturated heterocycles. The van der Waals surface area contributed by atoms with Crippen LogP contribution in [0, 0.1) is 5.92 Å². The van der Waals surface area contributed by atoms with E-state index in [4.69, 9.17) is 16.3 Å². The van der Waals surface area contributed by atoms with Crippen LogP contribution < -0.4 is 10.1 Å². The fraction of sp³-hybridized carbons (Fsp3) is 0.647. The molecule has 3 rings (SSSR count). The van der Waals surface area contributed by atoms with Crippen LogP contribution in [0.25, 0.3) is 0 Å². The van der Waals surface area contributed by atoms with Gasteiger partial charge in [0.05, 0.1) is 6.61 Å². The lowest BCUT2D eigenvalue weighted by atomic mass is 9.79. The molecule has 1 heterocycles. The van der Waals surface area contributed by atoms with Crippen molar-refractivity contribution in [3.8, 4) is 5.75 Å². The van der Waals surface area contributed by atoms with Crippen LogP contribution in [0.15, 0.2) is 12.1 Å². The lowest BCUT2D eigenvalue weighted by molar-refractivity contribution is 0.259. The van der Waals surface area contributed by atoms with E-state index in [1.54, 1.807) is 0 Å². The van der Waals surface area contributed by atoms with Gasteiger partial charge in [0.1, 0.15) is 5.75 Å². The van der Waals surface area contributed by atoms with Gasteiger partial charge in [0, 0.05) is 17.5 Å². The number of nitrogens with one attached hydrogen (secondary N) is 1. The number of fused-ring (bicyclic) bond motifs is 1. The van der Waals surface area contributed by atoms with Crippen LogP contribution in [0.3, 0.4) is 0 Å². The van der Waals surface area contributed by atoms with Gasteiger partial charge in [0.2, 0.25) is 0 Å². The summed E-state index contributed by atoms with van der Waals surface area (Å²) in [7, 11) is 0. The van der Waals surface area contributed by atoms with Gasteiger partial charge in [-0.25, -0.2) is 0 Å². The Morgan fingerprint density at radius 2 is 2.25 bits per heavy atom. The quantitative estimate of drug-likeness (QED) is 0.856. The Labute approximate surface area is 126 Å². The highest BCUT2D eigenvalue weighted by atomic mass is 35.5. The van der Waals surface area contributed by atoms with E-state index in [0.717, 1.165) is 42.7 Å². The minimum atomic E-state index is 0.553. The molecule has 0 amide bonds. The molecule has 2 aliphatic rings. The zero-order valence-corrected chi connectivity index (χ0v) is 13.0. The van der Waals surface area contributed by atoms with Crippen molar-refractivity contribution in [1.29, 1.82) is 0 Å². The molecule has 0 radical (unpaired) electrons. The lowest BCUT2D eigenvalue weighted by Gasteiger charge is -2.30. The third-order valence-corrected chi connectivity index (χ3v) is 4.85. The second kappa shape index (κ2) is 6.36. The maximum absolute atomic E-state index is 6.26. The van der Waals surface area contributed by atoms with E-state index in [-0.39, 0.29) is 0 Å². The second-order valence-electron chi connectivity index (χ2n) is 6.14. The number of benzene rings is 1. The van der Waals surface area contributed by atoms with Crippen molar-refractivity contribution in [2.75, 3.05) is 13.2 Å². The van der Waals surface area contributed by atoms with Crippen molar-refractivity contribution in [3.05, 3.63) is 28.3 Å². The summed E-state index contributed by atoms with van der Waals surface area (Å²) >= 11 is 6.26. The smallest absolute Gasteiger partial charge is 0.125 e. The van der Waals surface area contributed by atoms with Crippen LogP contribution in [0.4, 0.5) is 0 Å². The van der Waals surface area contributed by atoms with Crippen LogP contribution >= 0.6 is 11.6 Å². The molecular formula is C17H24ClNO. The largest absolute Gasteiger partial charge is 0.493 e. The molecule has 1 N–H and O–H groups in total. The summed E-state index contributed by atoms with van der Waals surface area (Å²) in [6.45, 7) is 4.02. The third kappa shape index (κ3) is 3.12. The van der Waals surface area contributed by atoms with Crippen molar-refractivity contribution in [1.82, 2.24) is 5.32 Å². The van der Waals surface area contributed by atoms with Crippen molar-refractivity contribution in [3.63, 3.8) is 0 Å². The van der Waals surface area contributed by atoms with Gasteiger partial charge >= 0.3 is 0 Å². The Hall–Kier alpha value is -0.730. The van der Waals surface area contributed by atoms with Gasteiger partial charge in [-0.05, 0) is 48.6 Å². The summed E-state index contributed by atoms with van der Waals surface area (Å²) in [4.78, 5) is 0. The zero-order chi connectivity index (χ0) is 13.9. The van der Waals surface area contributed by atoms with E-state index in [9.17, 15) is 0 Å². The fourth-order valence-corrected chi connectivity index (χ4v) is 3.68.